The molecular weight excluding hydrogens is 837 g/mol. The van der Waals surface area contributed by atoms with Crippen molar-refractivity contribution in [1.82, 2.24) is 29.5 Å². The van der Waals surface area contributed by atoms with E-state index in [9.17, 15) is 31.5 Å². The number of benzene rings is 3. The van der Waals surface area contributed by atoms with Gasteiger partial charge < -0.3 is 19.0 Å². The fourth-order valence-corrected chi connectivity index (χ4v) is 10.6. The van der Waals surface area contributed by atoms with Gasteiger partial charge in [0.25, 0.3) is 0 Å². The largest absolute Gasteiger partial charge is 0.573 e. The van der Waals surface area contributed by atoms with Gasteiger partial charge in [0.2, 0.25) is 27.7 Å². The summed E-state index contributed by atoms with van der Waals surface area (Å²) in [4.78, 5) is 31.3. The smallest absolute Gasteiger partial charge is 0.480 e. The summed E-state index contributed by atoms with van der Waals surface area (Å²) in [5.74, 6) is -1.14. The maximum Gasteiger partial charge on any atom is 0.573 e. The predicted octanol–water partition coefficient (Wildman–Crippen LogP) is 7.36. The van der Waals surface area contributed by atoms with Gasteiger partial charge in [-0.3, -0.25) is 24.3 Å². The third-order valence-electron chi connectivity index (χ3n) is 12.6. The number of halogens is 4. The van der Waals surface area contributed by atoms with E-state index in [4.69, 9.17) is 35.5 Å². The number of hydrogen-bond donors (Lipinski definition) is 2. The number of likely N-dealkylation sites (tertiary alicyclic amines) is 2. The van der Waals surface area contributed by atoms with E-state index >= 15 is 0 Å². The first-order chi connectivity index (χ1) is 29.0. The lowest BCUT2D eigenvalue weighted by Gasteiger charge is -2.25. The van der Waals surface area contributed by atoms with Crippen LogP contribution in [0, 0.1) is 12.8 Å². The van der Waals surface area contributed by atoms with Gasteiger partial charge in [0.05, 0.1) is 40.8 Å². The minimum atomic E-state index is -5.02. The molecule has 1 amide bonds. The van der Waals surface area contributed by atoms with Crippen molar-refractivity contribution < 1.29 is 45.4 Å². The van der Waals surface area contributed by atoms with Crippen LogP contribution in [0.1, 0.15) is 67.5 Å². The second-order valence-corrected chi connectivity index (χ2v) is 19.3. The van der Waals surface area contributed by atoms with Crippen molar-refractivity contribution in [2.75, 3.05) is 33.3 Å². The summed E-state index contributed by atoms with van der Waals surface area (Å²) in [5, 5.41) is 10.4. The number of nitrogens with zero attached hydrogens (tertiary/aromatic N) is 5. The van der Waals surface area contributed by atoms with E-state index < -0.39 is 38.7 Å². The molecule has 18 heteroatoms. The number of carbonyl (C=O) groups is 1. The number of amides is 1. The molecule has 0 unspecified atom stereocenters. The van der Waals surface area contributed by atoms with Crippen LogP contribution in [0.5, 0.6) is 11.6 Å². The number of rotatable bonds is 11. The van der Waals surface area contributed by atoms with Gasteiger partial charge in [-0.15, -0.1) is 13.2 Å². The number of fused-ring (bicyclic) bond motifs is 2. The Hall–Kier alpha value is -4.81. The zero-order chi connectivity index (χ0) is 43.0. The summed E-state index contributed by atoms with van der Waals surface area (Å²) in [6.45, 7) is 5.95. The summed E-state index contributed by atoms with van der Waals surface area (Å²) < 4.78 is 85.5. The number of alkyl halides is 3. The molecule has 9 rings (SSSR count). The highest BCUT2D eigenvalue weighted by Crippen LogP contribution is 2.49. The average molecular weight is 881 g/mol. The molecule has 3 atom stereocenters. The van der Waals surface area contributed by atoms with Crippen LogP contribution in [0.3, 0.4) is 0 Å². The molecule has 3 aromatic carbocycles. The molecule has 2 aromatic heterocycles. The zero-order valence-corrected chi connectivity index (χ0v) is 35.3. The fourth-order valence-electron chi connectivity index (χ4n) is 8.94. The van der Waals surface area contributed by atoms with Crippen molar-refractivity contribution in [3.63, 3.8) is 0 Å². The van der Waals surface area contributed by atoms with Gasteiger partial charge in [-0.1, -0.05) is 41.9 Å². The molecule has 2 N–H and O–H groups in total. The number of carbonyl (C=O) groups excluding carboxylic acids is 1. The van der Waals surface area contributed by atoms with E-state index in [0.29, 0.717) is 107 Å². The van der Waals surface area contributed by atoms with Crippen LogP contribution in [0.25, 0.3) is 44.9 Å². The van der Waals surface area contributed by atoms with Crippen molar-refractivity contribution in [3.8, 4) is 45.5 Å². The predicted molar refractivity (Wildman–Crippen MR) is 220 cm³/mol. The molecule has 61 heavy (non-hydrogen) atoms. The molecule has 3 fully saturated rings. The van der Waals surface area contributed by atoms with Crippen LogP contribution in [-0.4, -0.2) is 94.7 Å². The Bertz CT molecular complexity index is 2670. The minimum Gasteiger partial charge on any atom is -0.480 e. The van der Waals surface area contributed by atoms with Gasteiger partial charge in [-0.05, 0) is 87.7 Å². The SMILES string of the molecule is COc1nc(-c2cccc(-c3cccc(-c4nc5cc6c(c(OC(F)(F)F)c5o4)CC[C@H]6N4CC[C@@H](C(=O)NS(=O)(=O)C5(C)CC5)C4)c3C)c2Cl)cnc1CN1CC[C@@H](O)C1. The number of β-amino-alcohol motifs (C(OH)–C–C–N with tert-alkyl or cyclic N) is 1. The molecule has 0 spiro atoms. The Morgan fingerprint density at radius 1 is 1.05 bits per heavy atom. The van der Waals surface area contributed by atoms with Crippen LogP contribution in [0.2, 0.25) is 5.02 Å². The van der Waals surface area contributed by atoms with Crippen LogP contribution < -0.4 is 14.2 Å². The number of sulfonamides is 1. The first-order valence-electron chi connectivity index (χ1n) is 20.2. The van der Waals surface area contributed by atoms with E-state index in [1.54, 1.807) is 31.3 Å². The quantitative estimate of drug-likeness (QED) is 0.136. The highest BCUT2D eigenvalue weighted by Gasteiger charge is 2.51. The van der Waals surface area contributed by atoms with Crippen molar-refractivity contribution in [2.24, 2.45) is 5.92 Å². The van der Waals surface area contributed by atoms with Gasteiger partial charge in [0, 0.05) is 54.5 Å². The molecule has 5 aromatic rings. The molecule has 4 heterocycles. The lowest BCUT2D eigenvalue weighted by atomic mass is 9.94. The lowest BCUT2D eigenvalue weighted by Crippen LogP contribution is -2.42. The van der Waals surface area contributed by atoms with E-state index in [1.807, 2.05) is 36.1 Å². The summed E-state index contributed by atoms with van der Waals surface area (Å²) >= 11 is 7.12. The second kappa shape index (κ2) is 15.5. The lowest BCUT2D eigenvalue weighted by molar-refractivity contribution is -0.274. The Labute approximate surface area is 355 Å². The Morgan fingerprint density at radius 3 is 2.49 bits per heavy atom. The van der Waals surface area contributed by atoms with Gasteiger partial charge in [-0.25, -0.2) is 18.4 Å². The molecule has 1 saturated carbocycles. The van der Waals surface area contributed by atoms with Crippen LogP contribution in [0.4, 0.5) is 13.2 Å². The highest BCUT2D eigenvalue weighted by atomic mass is 35.5. The number of methoxy groups -OCH3 is 1. The first-order valence-corrected chi connectivity index (χ1v) is 22.1. The van der Waals surface area contributed by atoms with Crippen LogP contribution >= 0.6 is 11.6 Å². The van der Waals surface area contributed by atoms with Gasteiger partial charge in [0.15, 0.2) is 11.3 Å². The highest BCUT2D eigenvalue weighted by molar-refractivity contribution is 7.91. The summed E-state index contributed by atoms with van der Waals surface area (Å²) in [6, 6.07) is 12.4. The third-order valence-corrected chi connectivity index (χ3v) is 15.2. The molecule has 2 saturated heterocycles. The number of oxazole rings is 1. The monoisotopic (exact) mass is 880 g/mol. The molecular formula is C43H44ClF3N6O7S. The Kier molecular flexibility index (Phi) is 10.6. The van der Waals surface area contributed by atoms with E-state index in [2.05, 4.69) is 14.6 Å². The normalized spacial score (nSPS) is 21.5. The second-order valence-electron chi connectivity index (χ2n) is 16.7. The number of nitrogens with one attached hydrogen (secondary N) is 1. The Balaban J connectivity index is 1.02. The topological polar surface area (TPSA) is 160 Å². The van der Waals surface area contributed by atoms with Gasteiger partial charge in [0.1, 0.15) is 11.2 Å². The minimum absolute atomic E-state index is 0.0917. The molecule has 2 aliphatic heterocycles. The van der Waals surface area contributed by atoms with Gasteiger partial charge in [-0.2, -0.15) is 0 Å². The van der Waals surface area contributed by atoms with Crippen molar-refractivity contribution in [1.29, 1.82) is 0 Å². The van der Waals surface area contributed by atoms with E-state index in [-0.39, 0.29) is 42.1 Å². The molecule has 4 aliphatic rings. The number of ether oxygens (including phenoxy) is 2. The van der Waals surface area contributed by atoms with Crippen LogP contribution in [0.15, 0.2) is 53.1 Å². The van der Waals surface area contributed by atoms with Crippen molar-refractivity contribution in [2.45, 2.75) is 82.2 Å². The molecule has 322 valence electrons. The third kappa shape index (κ3) is 7.83. The number of aliphatic hydroxyl groups is 1. The first kappa shape index (κ1) is 41.5. The Morgan fingerprint density at radius 2 is 1.79 bits per heavy atom. The summed E-state index contributed by atoms with van der Waals surface area (Å²) in [7, 11) is -2.28. The molecule has 13 nitrogen and oxygen atoms in total. The number of aromatic nitrogens is 3. The summed E-state index contributed by atoms with van der Waals surface area (Å²) in [5.41, 5.74) is 5.39. The van der Waals surface area contributed by atoms with Gasteiger partial charge >= 0.3 is 6.36 Å². The maximum absolute atomic E-state index is 14.1. The zero-order valence-electron chi connectivity index (χ0n) is 33.7. The van der Waals surface area contributed by atoms with Crippen molar-refractivity contribution >= 4 is 38.6 Å². The average Bonchev–Trinajstić information content (AvgIpc) is 3.68. The van der Waals surface area contributed by atoms with Crippen molar-refractivity contribution in [3.05, 3.63) is 76.1 Å². The van der Waals surface area contributed by atoms with E-state index in [1.165, 1.54) is 7.11 Å². The number of aliphatic hydroxyl groups excluding tert-OH is 1. The van der Waals surface area contributed by atoms with Crippen LogP contribution in [-0.2, 0) is 27.8 Å². The van der Waals surface area contributed by atoms with E-state index in [0.717, 1.165) is 12.1 Å². The standard InChI is InChI=1S/C43H44ClF3N6O7S/c1-23-26(28-8-5-9-30(36(28)44)33-19-48-34(41(50-33)58-3)22-52-16-13-25(54)21-52)6-4-7-27(23)40-49-32-18-31-29(37(38(32)59-40)60-43(45,46)47)10-11-35(31)53-17-12-24(20-53)39(55)51-61(56,57)42(2)14-15-42/h4-9,18-19,24-25,35,54H,10-17,20-22H2,1-3H3,(H,51,55)/t24-,25-,35-/m1/s1. The molecule has 0 radical (unpaired) electrons. The number of hydrogen-bond acceptors (Lipinski definition) is 12. The summed E-state index contributed by atoms with van der Waals surface area (Å²) in [6.07, 6.45) is -0.913. The molecule has 0 bridgehead atoms. The fraction of sp³-hybridized carbons (Fsp3) is 0.442. The molecule has 2 aliphatic carbocycles. The maximum atomic E-state index is 14.1.